The summed E-state index contributed by atoms with van der Waals surface area (Å²) >= 11 is 0. The van der Waals surface area contributed by atoms with E-state index in [1.807, 2.05) is 30.3 Å². The van der Waals surface area contributed by atoms with Crippen LogP contribution in [0.5, 0.6) is 11.5 Å². The molecule has 0 spiro atoms. The maximum absolute atomic E-state index is 11.4. The van der Waals surface area contributed by atoms with Gasteiger partial charge in [-0.05, 0) is 23.8 Å². The summed E-state index contributed by atoms with van der Waals surface area (Å²) in [5.74, 6) is 0.199. The van der Waals surface area contributed by atoms with Gasteiger partial charge in [0.15, 0.2) is 0 Å². The van der Waals surface area contributed by atoms with Crippen molar-refractivity contribution in [2.24, 2.45) is 0 Å². The highest BCUT2D eigenvalue weighted by Gasteiger charge is 2.31. The van der Waals surface area contributed by atoms with E-state index in [-0.39, 0.29) is 0 Å². The normalized spacial score (nSPS) is 15.9. The van der Waals surface area contributed by atoms with Gasteiger partial charge < -0.3 is 14.6 Å². The molecule has 1 unspecified atom stereocenters. The van der Waals surface area contributed by atoms with Crippen LogP contribution in [0, 0.1) is 0 Å². The monoisotopic (exact) mass is 256 g/mol. The Labute approximate surface area is 110 Å². The minimum absolute atomic E-state index is 0.590. The van der Waals surface area contributed by atoms with Crippen molar-refractivity contribution >= 4 is 5.97 Å². The van der Waals surface area contributed by atoms with Crippen LogP contribution in [0.3, 0.4) is 0 Å². The van der Waals surface area contributed by atoms with Crippen molar-refractivity contribution in [3.63, 3.8) is 0 Å². The topological polar surface area (TPSA) is 55.8 Å². The molecule has 0 fully saturated rings. The number of rotatable bonds is 2. The lowest BCUT2D eigenvalue weighted by Crippen LogP contribution is -2.22. The fourth-order valence-corrected chi connectivity index (χ4v) is 2.30. The summed E-state index contributed by atoms with van der Waals surface area (Å²) in [7, 11) is 1.55. The molecule has 0 saturated heterocycles. The van der Waals surface area contributed by atoms with E-state index in [0.717, 1.165) is 11.1 Å². The quantitative estimate of drug-likeness (QED) is 0.897. The Kier molecular flexibility index (Phi) is 2.63. The maximum atomic E-state index is 11.4. The molecule has 1 aliphatic heterocycles. The van der Waals surface area contributed by atoms with Crippen LogP contribution >= 0.6 is 0 Å². The number of carbonyl (C=O) groups is 1. The number of carboxylic acids is 1. The molecule has 1 aliphatic rings. The Balaban J connectivity index is 2.24. The Hall–Kier alpha value is -2.49. The zero-order chi connectivity index (χ0) is 13.4. The van der Waals surface area contributed by atoms with Crippen LogP contribution in [-0.2, 0) is 4.79 Å². The number of benzene rings is 2. The average molecular weight is 256 g/mol. The summed E-state index contributed by atoms with van der Waals surface area (Å²) in [6.07, 6.45) is -1.00. The lowest BCUT2D eigenvalue weighted by molar-refractivity contribution is -0.145. The van der Waals surface area contributed by atoms with Gasteiger partial charge in [0.25, 0.3) is 0 Å². The van der Waals surface area contributed by atoms with Crippen LogP contribution in [0.1, 0.15) is 11.7 Å². The van der Waals surface area contributed by atoms with Crippen LogP contribution in [-0.4, -0.2) is 18.2 Å². The Morgan fingerprint density at radius 3 is 2.74 bits per heavy atom. The number of para-hydroxylation sites is 1. The zero-order valence-electron chi connectivity index (χ0n) is 10.3. The first kappa shape index (κ1) is 11.6. The summed E-state index contributed by atoms with van der Waals surface area (Å²) in [5.41, 5.74) is 2.39. The lowest BCUT2D eigenvalue weighted by Gasteiger charge is -2.26. The number of aliphatic carboxylic acids is 1. The summed E-state index contributed by atoms with van der Waals surface area (Å²) in [6, 6.07) is 12.8. The molecule has 0 aromatic heterocycles. The van der Waals surface area contributed by atoms with Gasteiger partial charge in [-0.2, -0.15) is 0 Å². The standard InChI is InChI=1S/C15H12O4/c1-18-9-6-7-10-11-4-2-3-5-13(11)19-14(15(16)17)12(10)8-9/h2-8,14H,1H3,(H,16,17). The first-order chi connectivity index (χ1) is 9.20. The highest BCUT2D eigenvalue weighted by atomic mass is 16.5. The molecule has 4 heteroatoms. The predicted molar refractivity (Wildman–Crippen MR) is 69.4 cm³/mol. The Morgan fingerprint density at radius 1 is 1.21 bits per heavy atom. The summed E-state index contributed by atoms with van der Waals surface area (Å²) in [4.78, 5) is 11.4. The van der Waals surface area contributed by atoms with Crippen LogP contribution in [0.25, 0.3) is 11.1 Å². The molecule has 2 aromatic rings. The van der Waals surface area contributed by atoms with Gasteiger partial charge in [0.2, 0.25) is 6.10 Å². The van der Waals surface area contributed by atoms with Crippen molar-refractivity contribution in [1.29, 1.82) is 0 Å². The van der Waals surface area contributed by atoms with Gasteiger partial charge in [-0.25, -0.2) is 4.79 Å². The second-order valence-electron chi connectivity index (χ2n) is 4.29. The van der Waals surface area contributed by atoms with Crippen molar-refractivity contribution in [2.75, 3.05) is 7.11 Å². The van der Waals surface area contributed by atoms with E-state index in [9.17, 15) is 9.90 Å². The molecule has 1 heterocycles. The molecule has 2 aromatic carbocycles. The highest BCUT2D eigenvalue weighted by Crippen LogP contribution is 2.43. The van der Waals surface area contributed by atoms with E-state index in [2.05, 4.69) is 0 Å². The number of fused-ring (bicyclic) bond motifs is 3. The summed E-state index contributed by atoms with van der Waals surface area (Å²) in [6.45, 7) is 0. The van der Waals surface area contributed by atoms with E-state index < -0.39 is 12.1 Å². The van der Waals surface area contributed by atoms with Gasteiger partial charge >= 0.3 is 5.97 Å². The third-order valence-electron chi connectivity index (χ3n) is 3.19. The molecule has 19 heavy (non-hydrogen) atoms. The van der Waals surface area contributed by atoms with E-state index in [1.54, 1.807) is 19.2 Å². The minimum atomic E-state index is -1.01. The van der Waals surface area contributed by atoms with Crippen molar-refractivity contribution in [1.82, 2.24) is 0 Å². The van der Waals surface area contributed by atoms with Crippen LogP contribution < -0.4 is 9.47 Å². The molecular formula is C15H12O4. The first-order valence-electron chi connectivity index (χ1n) is 5.87. The average Bonchev–Trinajstić information content (AvgIpc) is 2.45. The van der Waals surface area contributed by atoms with Gasteiger partial charge in [0.1, 0.15) is 11.5 Å². The van der Waals surface area contributed by atoms with Gasteiger partial charge in [0.05, 0.1) is 7.11 Å². The van der Waals surface area contributed by atoms with E-state index in [4.69, 9.17) is 9.47 Å². The molecule has 0 amide bonds. The van der Waals surface area contributed by atoms with Crippen molar-refractivity contribution in [3.05, 3.63) is 48.0 Å². The molecule has 1 N–H and O–H groups in total. The van der Waals surface area contributed by atoms with Crippen LogP contribution in [0.15, 0.2) is 42.5 Å². The summed E-state index contributed by atoms with van der Waals surface area (Å²) < 4.78 is 10.7. The van der Waals surface area contributed by atoms with E-state index >= 15 is 0 Å². The molecule has 4 nitrogen and oxygen atoms in total. The third kappa shape index (κ3) is 1.81. The molecule has 0 aliphatic carbocycles. The fourth-order valence-electron chi connectivity index (χ4n) is 2.30. The molecule has 0 saturated carbocycles. The van der Waals surface area contributed by atoms with Gasteiger partial charge in [-0.3, -0.25) is 0 Å². The van der Waals surface area contributed by atoms with Gasteiger partial charge in [-0.1, -0.05) is 24.3 Å². The molecule has 1 atom stereocenters. The van der Waals surface area contributed by atoms with Crippen LogP contribution in [0.2, 0.25) is 0 Å². The Bertz CT molecular complexity index is 648. The Morgan fingerprint density at radius 2 is 2.00 bits per heavy atom. The second-order valence-corrected chi connectivity index (χ2v) is 4.29. The predicted octanol–water partition coefficient (Wildman–Crippen LogP) is 2.88. The number of hydrogen-bond acceptors (Lipinski definition) is 3. The number of hydrogen-bond donors (Lipinski definition) is 1. The zero-order valence-corrected chi connectivity index (χ0v) is 10.3. The minimum Gasteiger partial charge on any atom is -0.497 e. The maximum Gasteiger partial charge on any atom is 0.349 e. The van der Waals surface area contributed by atoms with E-state index in [1.165, 1.54) is 0 Å². The first-order valence-corrected chi connectivity index (χ1v) is 5.87. The SMILES string of the molecule is COc1ccc2c(c1)C(C(=O)O)Oc1ccccc1-2. The van der Waals surface area contributed by atoms with Gasteiger partial charge in [-0.15, -0.1) is 0 Å². The van der Waals surface area contributed by atoms with Crippen molar-refractivity contribution in [2.45, 2.75) is 6.10 Å². The largest absolute Gasteiger partial charge is 0.497 e. The third-order valence-corrected chi connectivity index (χ3v) is 3.19. The molecule has 96 valence electrons. The van der Waals surface area contributed by atoms with Gasteiger partial charge in [0, 0.05) is 11.1 Å². The smallest absolute Gasteiger partial charge is 0.349 e. The summed E-state index contributed by atoms with van der Waals surface area (Å²) in [5, 5.41) is 9.31. The fraction of sp³-hybridized carbons (Fsp3) is 0.133. The number of methoxy groups -OCH3 is 1. The second kappa shape index (κ2) is 4.31. The molecule has 3 rings (SSSR count). The number of carboxylic acid groups (broad SMARTS) is 1. The molecular weight excluding hydrogens is 244 g/mol. The lowest BCUT2D eigenvalue weighted by atomic mass is 9.92. The van der Waals surface area contributed by atoms with E-state index in [0.29, 0.717) is 17.1 Å². The number of ether oxygens (including phenoxy) is 2. The van der Waals surface area contributed by atoms with Crippen molar-refractivity contribution in [3.8, 4) is 22.6 Å². The van der Waals surface area contributed by atoms with Crippen LogP contribution in [0.4, 0.5) is 0 Å². The highest BCUT2D eigenvalue weighted by molar-refractivity contribution is 5.85. The molecule has 0 radical (unpaired) electrons. The van der Waals surface area contributed by atoms with Crippen molar-refractivity contribution < 1.29 is 19.4 Å². The molecule has 0 bridgehead atoms.